The van der Waals surface area contributed by atoms with Crippen molar-refractivity contribution in [3.8, 4) is 11.3 Å². The molecule has 0 saturated carbocycles. The van der Waals surface area contributed by atoms with Gasteiger partial charge in [0.1, 0.15) is 0 Å². The van der Waals surface area contributed by atoms with E-state index in [0.29, 0.717) is 24.7 Å². The van der Waals surface area contributed by atoms with Crippen molar-refractivity contribution >= 4 is 18.2 Å². The second-order valence-electron chi connectivity index (χ2n) is 11.4. The van der Waals surface area contributed by atoms with Crippen molar-refractivity contribution in [1.82, 2.24) is 25.5 Å². The van der Waals surface area contributed by atoms with Crippen molar-refractivity contribution in [2.45, 2.75) is 84.1 Å². The molecule has 9 nitrogen and oxygen atoms in total. The zero-order chi connectivity index (χ0) is 27.3. The Morgan fingerprint density at radius 1 is 1.21 bits per heavy atom. The largest absolute Gasteiger partial charge is 0.387 e. The molecule has 1 aliphatic heterocycles. The van der Waals surface area contributed by atoms with Gasteiger partial charge in [0, 0.05) is 30.2 Å². The van der Waals surface area contributed by atoms with Crippen LogP contribution in [0.4, 0.5) is 10.7 Å². The van der Waals surface area contributed by atoms with Crippen LogP contribution in [0.25, 0.3) is 11.3 Å². The highest BCUT2D eigenvalue weighted by molar-refractivity contribution is 5.79. The molecule has 1 aromatic heterocycles. The Labute approximate surface area is 226 Å². The Morgan fingerprint density at radius 3 is 2.71 bits per heavy atom. The highest BCUT2D eigenvalue weighted by Gasteiger charge is 2.35. The molecule has 2 aliphatic rings. The number of amides is 2. The predicted molar refractivity (Wildman–Crippen MR) is 151 cm³/mol. The standard InChI is InChI=1S/C29H41N7O2/c1-19(2)32-16-22(15-30)33-27-31-13-12-25(34-27)21-10-11-24-20(14-21)8-6-7-9-26(24)35-28(37)36-17-23(18-36)38-29(3,4)5/h10-16,19,23,26,30,32H,6-9,17-18H2,1-5H3,(H,35,37)(H,31,33,34)/b22-16+,30-15?. The number of carbonyl (C=O) groups excluding carboxylic acids is 1. The topological polar surface area (TPSA) is 115 Å². The highest BCUT2D eigenvalue weighted by Crippen LogP contribution is 2.32. The third kappa shape index (κ3) is 7.31. The van der Waals surface area contributed by atoms with E-state index < -0.39 is 0 Å². The van der Waals surface area contributed by atoms with E-state index >= 15 is 0 Å². The molecule has 0 bridgehead atoms. The molecule has 1 aromatic carbocycles. The van der Waals surface area contributed by atoms with Gasteiger partial charge in [-0.1, -0.05) is 18.6 Å². The van der Waals surface area contributed by atoms with Crippen molar-refractivity contribution in [3.63, 3.8) is 0 Å². The van der Waals surface area contributed by atoms with Gasteiger partial charge in [-0.25, -0.2) is 14.8 Å². The number of benzene rings is 1. The second kappa shape index (κ2) is 11.9. The predicted octanol–water partition coefficient (Wildman–Crippen LogP) is 5.02. The van der Waals surface area contributed by atoms with Crippen LogP contribution in [-0.2, 0) is 11.2 Å². The van der Waals surface area contributed by atoms with Gasteiger partial charge < -0.3 is 31.0 Å². The number of urea groups is 1. The van der Waals surface area contributed by atoms with E-state index in [1.165, 1.54) is 17.3 Å². The zero-order valence-corrected chi connectivity index (χ0v) is 23.2. The molecule has 1 fully saturated rings. The third-order valence-corrected chi connectivity index (χ3v) is 6.60. The number of rotatable bonds is 8. The lowest BCUT2D eigenvalue weighted by atomic mass is 9.95. The average Bonchev–Trinajstić information content (AvgIpc) is 3.04. The number of aromatic nitrogens is 2. The molecule has 0 spiro atoms. The third-order valence-electron chi connectivity index (χ3n) is 6.60. The summed E-state index contributed by atoms with van der Waals surface area (Å²) in [5.74, 6) is 0.436. The fraction of sp³-hybridized carbons (Fsp3) is 0.517. The van der Waals surface area contributed by atoms with Crippen LogP contribution in [0.5, 0.6) is 0 Å². The molecule has 9 heteroatoms. The molecular formula is C29H41N7O2. The number of hydrogen-bond acceptors (Lipinski definition) is 7. The van der Waals surface area contributed by atoms with Gasteiger partial charge >= 0.3 is 6.03 Å². The summed E-state index contributed by atoms with van der Waals surface area (Å²) in [7, 11) is 0. The maximum absolute atomic E-state index is 13.0. The van der Waals surface area contributed by atoms with Crippen LogP contribution in [0, 0.1) is 5.41 Å². The molecule has 2 amide bonds. The maximum atomic E-state index is 13.0. The highest BCUT2D eigenvalue weighted by atomic mass is 16.5. The molecule has 38 heavy (non-hydrogen) atoms. The molecule has 2 aromatic rings. The zero-order valence-electron chi connectivity index (χ0n) is 23.2. The fourth-order valence-electron chi connectivity index (χ4n) is 4.79. The number of likely N-dealkylation sites (tertiary alicyclic amines) is 1. The molecule has 2 heterocycles. The Kier molecular flexibility index (Phi) is 8.66. The second-order valence-corrected chi connectivity index (χ2v) is 11.4. The van der Waals surface area contributed by atoms with Crippen LogP contribution in [0.3, 0.4) is 0 Å². The van der Waals surface area contributed by atoms with Gasteiger partial charge in [-0.15, -0.1) is 0 Å². The first-order valence-corrected chi connectivity index (χ1v) is 13.5. The van der Waals surface area contributed by atoms with Crippen molar-refractivity contribution < 1.29 is 9.53 Å². The summed E-state index contributed by atoms with van der Waals surface area (Å²) in [4.78, 5) is 23.8. The number of anilines is 1. The lowest BCUT2D eigenvalue weighted by Gasteiger charge is -2.42. The molecule has 1 atom stereocenters. The fourth-order valence-corrected chi connectivity index (χ4v) is 4.79. The van der Waals surface area contributed by atoms with E-state index in [1.807, 2.05) is 45.6 Å². The maximum Gasteiger partial charge on any atom is 0.318 e. The average molecular weight is 520 g/mol. The number of carbonyl (C=O) groups is 1. The van der Waals surface area contributed by atoms with Gasteiger partial charge in [0.15, 0.2) is 0 Å². The quantitative estimate of drug-likeness (QED) is 0.288. The molecular weight excluding hydrogens is 478 g/mol. The summed E-state index contributed by atoms with van der Waals surface area (Å²) in [5.41, 5.74) is 4.62. The van der Waals surface area contributed by atoms with Gasteiger partial charge in [0.25, 0.3) is 0 Å². The van der Waals surface area contributed by atoms with Crippen molar-refractivity contribution in [1.29, 1.82) is 5.41 Å². The summed E-state index contributed by atoms with van der Waals surface area (Å²) in [6, 6.07) is 8.52. The minimum atomic E-state index is -0.199. The molecule has 0 radical (unpaired) electrons. The van der Waals surface area contributed by atoms with E-state index in [2.05, 4.69) is 44.1 Å². The van der Waals surface area contributed by atoms with E-state index in [-0.39, 0.29) is 29.8 Å². The van der Waals surface area contributed by atoms with Crippen LogP contribution in [0.2, 0.25) is 0 Å². The smallest absolute Gasteiger partial charge is 0.318 e. The minimum absolute atomic E-state index is 0.00648. The number of fused-ring (bicyclic) bond motifs is 1. The number of ether oxygens (including phenoxy) is 1. The Bertz CT molecular complexity index is 1170. The first-order chi connectivity index (χ1) is 18.1. The van der Waals surface area contributed by atoms with Gasteiger partial charge in [0.05, 0.1) is 42.2 Å². The van der Waals surface area contributed by atoms with Crippen LogP contribution in [-0.4, -0.2) is 57.9 Å². The summed E-state index contributed by atoms with van der Waals surface area (Å²) < 4.78 is 5.98. The Balaban J connectivity index is 1.45. The lowest BCUT2D eigenvalue weighted by Crippen LogP contribution is -2.59. The summed E-state index contributed by atoms with van der Waals surface area (Å²) >= 11 is 0. The summed E-state index contributed by atoms with van der Waals surface area (Å²) in [6.07, 6.45) is 8.87. The number of nitrogens with zero attached hydrogens (tertiary/aromatic N) is 3. The summed E-state index contributed by atoms with van der Waals surface area (Å²) in [5, 5.41) is 17.2. The van der Waals surface area contributed by atoms with Crippen LogP contribution in [0.15, 0.2) is 42.4 Å². The Morgan fingerprint density at radius 2 is 2.00 bits per heavy atom. The molecule has 4 N–H and O–H groups in total. The number of allylic oxidation sites excluding steroid dienone is 1. The minimum Gasteiger partial charge on any atom is -0.387 e. The van der Waals surface area contributed by atoms with Crippen LogP contribution < -0.4 is 16.0 Å². The van der Waals surface area contributed by atoms with E-state index in [0.717, 1.165) is 36.9 Å². The van der Waals surface area contributed by atoms with Crippen molar-refractivity contribution in [3.05, 3.63) is 53.5 Å². The van der Waals surface area contributed by atoms with Gasteiger partial charge in [0.2, 0.25) is 5.95 Å². The van der Waals surface area contributed by atoms with Crippen molar-refractivity contribution in [2.24, 2.45) is 0 Å². The van der Waals surface area contributed by atoms with Gasteiger partial charge in [-0.3, -0.25) is 0 Å². The normalized spacial score (nSPS) is 18.3. The van der Waals surface area contributed by atoms with Gasteiger partial charge in [-0.2, -0.15) is 0 Å². The van der Waals surface area contributed by atoms with Crippen molar-refractivity contribution in [2.75, 3.05) is 18.4 Å². The molecule has 1 unspecified atom stereocenters. The molecule has 4 rings (SSSR count). The number of aryl methyl sites for hydroxylation is 1. The first-order valence-electron chi connectivity index (χ1n) is 13.5. The molecule has 1 aliphatic carbocycles. The lowest BCUT2D eigenvalue weighted by molar-refractivity contribution is -0.111. The summed E-state index contributed by atoms with van der Waals surface area (Å²) in [6.45, 7) is 11.5. The van der Waals surface area contributed by atoms with Gasteiger partial charge in [-0.05, 0) is 77.1 Å². The number of nitrogens with one attached hydrogen (secondary N) is 4. The van der Waals surface area contributed by atoms with E-state index in [9.17, 15) is 4.79 Å². The van der Waals surface area contributed by atoms with Crippen LogP contribution >= 0.6 is 0 Å². The first kappa shape index (κ1) is 27.6. The molecule has 1 saturated heterocycles. The number of hydrogen-bond donors (Lipinski definition) is 4. The molecule has 204 valence electrons. The monoisotopic (exact) mass is 519 g/mol. The SMILES string of the molecule is CC(C)N/C=C(\C=N)Nc1nccc(-c2ccc3c(c2)CCCCC3NC(=O)N2CC(OC(C)(C)C)C2)n1. The Hall–Kier alpha value is -3.46. The van der Waals surface area contributed by atoms with E-state index in [4.69, 9.17) is 10.1 Å². The van der Waals surface area contributed by atoms with Crippen LogP contribution in [0.1, 0.15) is 71.0 Å². The van der Waals surface area contributed by atoms with E-state index in [1.54, 1.807) is 12.4 Å².